The van der Waals surface area contributed by atoms with Crippen LogP contribution in [0.2, 0.25) is 0 Å². The van der Waals surface area contributed by atoms with Crippen molar-refractivity contribution in [2.75, 3.05) is 0 Å². The molecule has 0 aliphatic rings. The van der Waals surface area contributed by atoms with E-state index in [-0.39, 0.29) is 16.3 Å². The number of nitrogens with zero attached hydrogens (tertiary/aromatic N) is 3. The minimum Gasteiger partial charge on any atom is -0.388 e. The first-order valence-corrected chi connectivity index (χ1v) is 6.03. The molecule has 0 aliphatic heterocycles. The fourth-order valence-electron chi connectivity index (χ4n) is 1.45. The molecule has 0 aromatic carbocycles. The van der Waals surface area contributed by atoms with Crippen LogP contribution in [0, 0.1) is 10.1 Å². The zero-order valence-corrected chi connectivity index (χ0v) is 10.6. The van der Waals surface area contributed by atoms with Crippen LogP contribution in [0.5, 0.6) is 0 Å². The highest BCUT2D eigenvalue weighted by Gasteiger charge is 2.23. The highest BCUT2D eigenvalue weighted by Crippen LogP contribution is 2.35. The number of primary amides is 1. The molecule has 0 aliphatic carbocycles. The van der Waals surface area contributed by atoms with Crippen molar-refractivity contribution in [3.63, 3.8) is 0 Å². The molecule has 2 aromatic rings. The Morgan fingerprint density at radius 1 is 1.68 bits per heavy atom. The SMILES string of the molecule is CC(O)c1cc([N+](=O)[O-])c(-n2cc(C(N)=O)cn2)s1. The molecule has 19 heavy (non-hydrogen) atoms. The van der Waals surface area contributed by atoms with Gasteiger partial charge in [-0.25, -0.2) is 4.68 Å². The number of aromatic nitrogens is 2. The summed E-state index contributed by atoms with van der Waals surface area (Å²) in [5, 5.41) is 24.5. The Labute approximate surface area is 111 Å². The molecule has 3 N–H and O–H groups in total. The highest BCUT2D eigenvalue weighted by atomic mass is 32.1. The molecule has 2 rings (SSSR count). The van der Waals surface area contributed by atoms with E-state index in [0.717, 1.165) is 11.3 Å². The van der Waals surface area contributed by atoms with Crippen LogP contribution in [0.3, 0.4) is 0 Å². The monoisotopic (exact) mass is 282 g/mol. The molecule has 0 bridgehead atoms. The Bertz CT molecular complexity index is 646. The van der Waals surface area contributed by atoms with Crippen molar-refractivity contribution in [2.45, 2.75) is 13.0 Å². The van der Waals surface area contributed by atoms with Crippen molar-refractivity contribution in [3.8, 4) is 5.00 Å². The molecule has 2 aromatic heterocycles. The van der Waals surface area contributed by atoms with E-state index in [9.17, 15) is 20.0 Å². The van der Waals surface area contributed by atoms with Crippen LogP contribution >= 0.6 is 11.3 Å². The Hall–Kier alpha value is -2.26. The predicted molar refractivity (Wildman–Crippen MR) is 67.2 cm³/mol. The number of nitrogens with two attached hydrogens (primary N) is 1. The average Bonchev–Trinajstić information content (AvgIpc) is 2.95. The molecule has 100 valence electrons. The van der Waals surface area contributed by atoms with E-state index in [1.807, 2.05) is 0 Å². The molecule has 8 nitrogen and oxygen atoms in total. The topological polar surface area (TPSA) is 124 Å². The summed E-state index contributed by atoms with van der Waals surface area (Å²) in [5.74, 6) is -0.666. The van der Waals surface area contributed by atoms with Gasteiger partial charge in [0.15, 0.2) is 5.00 Å². The first kappa shape index (κ1) is 13.2. The van der Waals surface area contributed by atoms with E-state index in [2.05, 4.69) is 5.10 Å². The molecule has 1 atom stereocenters. The third-order valence-corrected chi connectivity index (χ3v) is 3.68. The third-order valence-electron chi connectivity index (χ3n) is 2.40. The maximum absolute atomic E-state index is 11.0. The first-order chi connectivity index (χ1) is 8.90. The molecule has 0 spiro atoms. The van der Waals surface area contributed by atoms with Crippen molar-refractivity contribution in [1.29, 1.82) is 0 Å². The number of aliphatic hydroxyl groups is 1. The number of hydrogen-bond acceptors (Lipinski definition) is 6. The van der Waals surface area contributed by atoms with E-state index in [0.29, 0.717) is 4.88 Å². The number of thiophene rings is 1. The van der Waals surface area contributed by atoms with E-state index in [4.69, 9.17) is 5.73 Å². The molecule has 1 unspecified atom stereocenters. The molecule has 0 fully saturated rings. The van der Waals surface area contributed by atoms with Crippen molar-refractivity contribution >= 4 is 22.9 Å². The number of rotatable bonds is 4. The maximum Gasteiger partial charge on any atom is 0.306 e. The molecule has 2 heterocycles. The summed E-state index contributed by atoms with van der Waals surface area (Å²) in [6, 6.07) is 1.29. The van der Waals surface area contributed by atoms with Gasteiger partial charge in [0.2, 0.25) is 0 Å². The number of nitro groups is 1. The van der Waals surface area contributed by atoms with E-state index in [1.165, 1.54) is 30.1 Å². The lowest BCUT2D eigenvalue weighted by molar-refractivity contribution is -0.384. The highest BCUT2D eigenvalue weighted by molar-refractivity contribution is 7.15. The van der Waals surface area contributed by atoms with Crippen LogP contribution in [-0.2, 0) is 0 Å². The van der Waals surface area contributed by atoms with Gasteiger partial charge in [0.25, 0.3) is 5.91 Å². The van der Waals surface area contributed by atoms with Crippen LogP contribution in [0.4, 0.5) is 5.69 Å². The lowest BCUT2D eigenvalue weighted by atomic mass is 10.3. The summed E-state index contributed by atoms with van der Waals surface area (Å²) in [6.07, 6.45) is 1.73. The number of amides is 1. The number of aliphatic hydroxyl groups excluding tert-OH is 1. The van der Waals surface area contributed by atoms with Crippen LogP contribution in [0.15, 0.2) is 18.5 Å². The fourth-order valence-corrected chi connectivity index (χ4v) is 2.45. The van der Waals surface area contributed by atoms with Gasteiger partial charge in [-0.1, -0.05) is 0 Å². The van der Waals surface area contributed by atoms with Crippen molar-refractivity contribution in [3.05, 3.63) is 39.0 Å². The van der Waals surface area contributed by atoms with Crippen LogP contribution < -0.4 is 5.73 Å². The summed E-state index contributed by atoms with van der Waals surface area (Å²) in [5.41, 5.74) is 5.07. The largest absolute Gasteiger partial charge is 0.388 e. The molecule has 0 radical (unpaired) electrons. The van der Waals surface area contributed by atoms with Crippen LogP contribution in [0.25, 0.3) is 5.00 Å². The Kier molecular flexibility index (Phi) is 3.32. The predicted octanol–water partition coefficient (Wildman–Crippen LogP) is 0.994. The second kappa shape index (κ2) is 4.78. The van der Waals surface area contributed by atoms with Gasteiger partial charge in [-0.15, -0.1) is 11.3 Å². The summed E-state index contributed by atoms with van der Waals surface area (Å²) in [4.78, 5) is 21.8. The molecule has 0 saturated heterocycles. The zero-order valence-electron chi connectivity index (χ0n) is 9.81. The minimum absolute atomic E-state index is 0.154. The Balaban J connectivity index is 2.53. The van der Waals surface area contributed by atoms with Crippen LogP contribution in [0.1, 0.15) is 28.3 Å². The molecular weight excluding hydrogens is 272 g/mol. The summed E-state index contributed by atoms with van der Waals surface area (Å²) in [6.45, 7) is 1.51. The van der Waals surface area contributed by atoms with Gasteiger partial charge in [0, 0.05) is 17.1 Å². The molecule has 0 saturated carbocycles. The van der Waals surface area contributed by atoms with E-state index in [1.54, 1.807) is 0 Å². The Morgan fingerprint density at radius 3 is 2.84 bits per heavy atom. The summed E-state index contributed by atoms with van der Waals surface area (Å²) < 4.78 is 1.20. The van der Waals surface area contributed by atoms with E-state index < -0.39 is 16.9 Å². The minimum atomic E-state index is -0.816. The standard InChI is InChI=1S/C10H10N4O4S/c1-5(15)8-2-7(14(17)18)10(19-8)13-4-6(3-12-13)9(11)16/h2-5,15H,1H3,(H2,11,16). The van der Waals surface area contributed by atoms with Gasteiger partial charge >= 0.3 is 5.69 Å². The van der Waals surface area contributed by atoms with Crippen molar-refractivity contribution in [1.82, 2.24) is 9.78 Å². The fraction of sp³-hybridized carbons (Fsp3) is 0.200. The normalized spacial score (nSPS) is 12.3. The smallest absolute Gasteiger partial charge is 0.306 e. The number of hydrogen-bond donors (Lipinski definition) is 2. The lowest BCUT2D eigenvalue weighted by Crippen LogP contribution is -2.09. The third kappa shape index (κ3) is 2.46. The molecule has 9 heteroatoms. The second-order valence-electron chi connectivity index (χ2n) is 3.81. The van der Waals surface area contributed by atoms with Crippen LogP contribution in [-0.4, -0.2) is 25.7 Å². The quantitative estimate of drug-likeness (QED) is 0.639. The van der Waals surface area contributed by atoms with Crippen molar-refractivity contribution < 1.29 is 14.8 Å². The summed E-state index contributed by atoms with van der Waals surface area (Å²) in [7, 11) is 0. The zero-order chi connectivity index (χ0) is 14.2. The summed E-state index contributed by atoms with van der Waals surface area (Å²) >= 11 is 1.03. The van der Waals surface area contributed by atoms with Gasteiger partial charge in [-0.05, 0) is 6.92 Å². The molecular formula is C10H10N4O4S. The Morgan fingerprint density at radius 2 is 2.37 bits per heavy atom. The van der Waals surface area contributed by atoms with Gasteiger partial charge in [0.1, 0.15) is 0 Å². The molecule has 1 amide bonds. The number of carbonyl (C=O) groups is 1. The second-order valence-corrected chi connectivity index (χ2v) is 4.87. The maximum atomic E-state index is 11.0. The van der Waals surface area contributed by atoms with Gasteiger partial charge in [0.05, 0.1) is 22.8 Å². The average molecular weight is 282 g/mol. The van der Waals surface area contributed by atoms with E-state index >= 15 is 0 Å². The lowest BCUT2D eigenvalue weighted by Gasteiger charge is -1.97. The van der Waals surface area contributed by atoms with Gasteiger partial charge in [-0.2, -0.15) is 5.10 Å². The van der Waals surface area contributed by atoms with Gasteiger partial charge < -0.3 is 10.8 Å². The first-order valence-electron chi connectivity index (χ1n) is 5.21. The van der Waals surface area contributed by atoms with Gasteiger partial charge in [-0.3, -0.25) is 14.9 Å². The number of carbonyl (C=O) groups excluding carboxylic acids is 1. The van der Waals surface area contributed by atoms with Crippen molar-refractivity contribution in [2.24, 2.45) is 5.73 Å².